The molecular formula is C18H11FN2O2. The lowest BCUT2D eigenvalue weighted by molar-refractivity contribution is 0.0557. The molecule has 0 atom stereocenters. The van der Waals surface area contributed by atoms with Crippen molar-refractivity contribution in [3.05, 3.63) is 66.0 Å². The summed E-state index contributed by atoms with van der Waals surface area (Å²) in [6.07, 6.45) is 0. The molecule has 1 heterocycles. The van der Waals surface area contributed by atoms with Crippen molar-refractivity contribution in [2.24, 2.45) is 0 Å². The van der Waals surface area contributed by atoms with Crippen LogP contribution in [0.5, 0.6) is 0 Å². The number of nitriles is 1. The van der Waals surface area contributed by atoms with Crippen LogP contribution in [0.1, 0.15) is 10.4 Å². The molecule has 1 aromatic heterocycles. The van der Waals surface area contributed by atoms with Crippen LogP contribution in [-0.4, -0.2) is 17.6 Å². The molecule has 0 bridgehead atoms. The fourth-order valence-corrected chi connectivity index (χ4v) is 2.29. The Bertz CT molecular complexity index is 914. The summed E-state index contributed by atoms with van der Waals surface area (Å²) in [7, 11) is 0. The summed E-state index contributed by atoms with van der Waals surface area (Å²) in [6, 6.07) is 16.4. The van der Waals surface area contributed by atoms with Gasteiger partial charge in [0.15, 0.2) is 6.61 Å². The van der Waals surface area contributed by atoms with Crippen LogP contribution in [0, 0.1) is 17.1 Å². The van der Waals surface area contributed by atoms with Gasteiger partial charge in [0.25, 0.3) is 0 Å². The van der Waals surface area contributed by atoms with Crippen molar-refractivity contribution in [1.29, 1.82) is 5.26 Å². The number of fused-ring (bicyclic) bond motifs is 1. The van der Waals surface area contributed by atoms with Gasteiger partial charge in [-0.3, -0.25) is 0 Å². The summed E-state index contributed by atoms with van der Waals surface area (Å²) in [5, 5.41) is 9.20. The zero-order chi connectivity index (χ0) is 16.2. The van der Waals surface area contributed by atoms with Gasteiger partial charge in [0.2, 0.25) is 0 Å². The van der Waals surface area contributed by atoms with E-state index in [1.807, 2.05) is 6.07 Å². The molecule has 0 aliphatic carbocycles. The van der Waals surface area contributed by atoms with Crippen molar-refractivity contribution in [2.75, 3.05) is 6.61 Å². The third-order valence-corrected chi connectivity index (χ3v) is 3.34. The number of hydrogen-bond donors (Lipinski definition) is 0. The van der Waals surface area contributed by atoms with Crippen molar-refractivity contribution in [3.8, 4) is 17.3 Å². The minimum absolute atomic E-state index is 0.318. The minimum atomic E-state index is -0.589. The summed E-state index contributed by atoms with van der Waals surface area (Å²) in [5.41, 5.74) is 2.17. The number of pyridine rings is 1. The second kappa shape index (κ2) is 6.24. The number of aromatic nitrogens is 1. The number of benzene rings is 2. The van der Waals surface area contributed by atoms with Gasteiger partial charge in [-0.25, -0.2) is 14.2 Å². The van der Waals surface area contributed by atoms with E-state index in [2.05, 4.69) is 4.98 Å². The lowest BCUT2D eigenvalue weighted by Crippen LogP contribution is -2.07. The molecule has 0 saturated heterocycles. The molecule has 0 fully saturated rings. The Morgan fingerprint density at radius 2 is 1.91 bits per heavy atom. The fraction of sp³-hybridized carbons (Fsp3) is 0.0556. The number of carbonyl (C=O) groups excluding carboxylic acids is 1. The van der Waals surface area contributed by atoms with Crippen molar-refractivity contribution in [1.82, 2.24) is 4.98 Å². The highest BCUT2D eigenvalue weighted by Crippen LogP contribution is 2.25. The molecule has 3 aromatic rings. The maximum Gasteiger partial charge on any atom is 0.339 e. The van der Waals surface area contributed by atoms with Crippen LogP contribution >= 0.6 is 0 Å². The first-order chi connectivity index (χ1) is 11.2. The second-order valence-corrected chi connectivity index (χ2v) is 4.81. The number of rotatable bonds is 3. The van der Waals surface area contributed by atoms with E-state index in [4.69, 9.17) is 10.00 Å². The average Bonchev–Trinajstić information content (AvgIpc) is 2.59. The van der Waals surface area contributed by atoms with Crippen molar-refractivity contribution in [2.45, 2.75) is 0 Å². The second-order valence-electron chi connectivity index (χ2n) is 4.81. The first-order valence-corrected chi connectivity index (χ1v) is 6.89. The van der Waals surface area contributed by atoms with Gasteiger partial charge >= 0.3 is 5.97 Å². The fourth-order valence-electron chi connectivity index (χ4n) is 2.29. The van der Waals surface area contributed by atoms with Crippen molar-refractivity contribution >= 4 is 16.9 Å². The molecule has 0 N–H and O–H groups in total. The van der Waals surface area contributed by atoms with Crippen LogP contribution in [0.3, 0.4) is 0 Å². The SMILES string of the molecule is N#CCOC(=O)c1cc(-c2ccc(F)cc2)nc2ccccc12. The predicted octanol–water partition coefficient (Wildman–Crippen LogP) is 3.72. The van der Waals surface area contributed by atoms with Crippen LogP contribution in [0.4, 0.5) is 4.39 Å². The number of ether oxygens (including phenoxy) is 1. The van der Waals surface area contributed by atoms with Crippen LogP contribution in [0.2, 0.25) is 0 Å². The molecule has 0 spiro atoms. The topological polar surface area (TPSA) is 63.0 Å². The molecule has 0 aliphatic heterocycles. The number of para-hydroxylation sites is 1. The van der Waals surface area contributed by atoms with E-state index < -0.39 is 5.97 Å². The molecular weight excluding hydrogens is 295 g/mol. The maximum atomic E-state index is 13.1. The highest BCUT2D eigenvalue weighted by Gasteiger charge is 2.15. The molecule has 0 unspecified atom stereocenters. The summed E-state index contributed by atoms with van der Waals surface area (Å²) in [5.74, 6) is -0.934. The molecule has 0 aliphatic rings. The van der Waals surface area contributed by atoms with E-state index in [1.165, 1.54) is 12.1 Å². The van der Waals surface area contributed by atoms with Gasteiger partial charge in [0.05, 0.1) is 16.8 Å². The van der Waals surface area contributed by atoms with Gasteiger partial charge in [0, 0.05) is 10.9 Å². The van der Waals surface area contributed by atoms with Gasteiger partial charge in [-0.15, -0.1) is 0 Å². The maximum absolute atomic E-state index is 13.1. The average molecular weight is 306 g/mol. The zero-order valence-corrected chi connectivity index (χ0v) is 12.0. The zero-order valence-electron chi connectivity index (χ0n) is 12.0. The Kier molecular flexibility index (Phi) is 3.98. The third kappa shape index (κ3) is 3.01. The smallest absolute Gasteiger partial charge is 0.339 e. The molecule has 3 rings (SSSR count). The monoisotopic (exact) mass is 306 g/mol. The molecule has 4 nitrogen and oxygen atoms in total. The van der Waals surface area contributed by atoms with E-state index in [-0.39, 0.29) is 12.4 Å². The molecule has 23 heavy (non-hydrogen) atoms. The lowest BCUT2D eigenvalue weighted by Gasteiger charge is -2.09. The van der Waals surface area contributed by atoms with Gasteiger partial charge < -0.3 is 4.74 Å². The molecule has 0 amide bonds. The molecule has 2 aromatic carbocycles. The van der Waals surface area contributed by atoms with Gasteiger partial charge in [-0.05, 0) is 36.4 Å². The van der Waals surface area contributed by atoms with E-state index in [0.29, 0.717) is 27.7 Å². The quantitative estimate of drug-likeness (QED) is 0.692. The van der Waals surface area contributed by atoms with E-state index in [0.717, 1.165) is 0 Å². The summed E-state index contributed by atoms with van der Waals surface area (Å²) >= 11 is 0. The number of esters is 1. The Labute approximate surface area is 131 Å². The number of hydrogen-bond acceptors (Lipinski definition) is 4. The Morgan fingerprint density at radius 1 is 1.17 bits per heavy atom. The third-order valence-electron chi connectivity index (χ3n) is 3.34. The van der Waals surface area contributed by atoms with Crippen molar-refractivity contribution < 1.29 is 13.9 Å². The Hall–Kier alpha value is -3.26. The first-order valence-electron chi connectivity index (χ1n) is 6.89. The van der Waals surface area contributed by atoms with Gasteiger partial charge in [-0.2, -0.15) is 5.26 Å². The summed E-state index contributed by atoms with van der Waals surface area (Å²) in [4.78, 5) is 16.7. The highest BCUT2D eigenvalue weighted by molar-refractivity contribution is 6.04. The number of nitrogens with zero attached hydrogens (tertiary/aromatic N) is 2. The van der Waals surface area contributed by atoms with E-state index in [9.17, 15) is 9.18 Å². The highest BCUT2D eigenvalue weighted by atomic mass is 19.1. The lowest BCUT2D eigenvalue weighted by atomic mass is 10.0. The summed E-state index contributed by atoms with van der Waals surface area (Å²) in [6.45, 7) is -0.318. The van der Waals surface area contributed by atoms with Crippen LogP contribution in [0.25, 0.3) is 22.2 Å². The predicted molar refractivity (Wildman–Crippen MR) is 83.0 cm³/mol. The molecule has 112 valence electrons. The number of carbonyl (C=O) groups is 1. The largest absolute Gasteiger partial charge is 0.447 e. The Balaban J connectivity index is 2.15. The van der Waals surface area contributed by atoms with E-state index in [1.54, 1.807) is 42.5 Å². The van der Waals surface area contributed by atoms with E-state index >= 15 is 0 Å². The van der Waals surface area contributed by atoms with Gasteiger partial charge in [0.1, 0.15) is 11.9 Å². The van der Waals surface area contributed by atoms with Crippen LogP contribution in [0.15, 0.2) is 54.6 Å². The normalized spacial score (nSPS) is 10.3. The molecule has 0 radical (unpaired) electrons. The molecule has 5 heteroatoms. The first kappa shape index (κ1) is 14.7. The standard InChI is InChI=1S/C18H11FN2O2/c19-13-7-5-12(6-8-13)17-11-15(18(22)23-10-9-20)14-3-1-2-4-16(14)21-17/h1-8,11H,10H2. The number of halogens is 1. The van der Waals surface area contributed by atoms with Crippen molar-refractivity contribution in [3.63, 3.8) is 0 Å². The minimum Gasteiger partial charge on any atom is -0.447 e. The summed E-state index contributed by atoms with van der Waals surface area (Å²) < 4.78 is 18.0. The van der Waals surface area contributed by atoms with Crippen LogP contribution in [-0.2, 0) is 4.74 Å². The van der Waals surface area contributed by atoms with Crippen LogP contribution < -0.4 is 0 Å². The van der Waals surface area contributed by atoms with Gasteiger partial charge in [-0.1, -0.05) is 18.2 Å². The Morgan fingerprint density at radius 3 is 2.65 bits per heavy atom. The molecule has 0 saturated carbocycles.